The van der Waals surface area contributed by atoms with Crippen LogP contribution in [0, 0.1) is 0 Å². The van der Waals surface area contributed by atoms with E-state index in [1.807, 2.05) is 0 Å². The first-order valence-electron chi connectivity index (χ1n) is 28.5. The first-order valence-corrected chi connectivity index (χ1v) is 28.5. The summed E-state index contributed by atoms with van der Waals surface area (Å²) in [6.07, 6.45) is 59.0. The molecule has 1 atom stereocenters. The molecule has 0 aromatic carbocycles. The summed E-state index contributed by atoms with van der Waals surface area (Å²) >= 11 is 0. The standard InChI is InChI=1S/C57H110O6/c1-4-7-10-13-15-17-18-19-20-21-22-23-24-25-26-27-28-29-30-31-32-33-34-35-36-37-38-40-41-44-47-50-56(59)62-53-54(52-61-55(58)49-46-43-12-9-6-3)63-57(60)51-48-45-42-39-16-14-11-8-5-2/h54H,4-53H2,1-3H3. The van der Waals surface area contributed by atoms with Crippen molar-refractivity contribution in [2.24, 2.45) is 0 Å². The van der Waals surface area contributed by atoms with Gasteiger partial charge in [0.15, 0.2) is 6.10 Å². The minimum atomic E-state index is -0.757. The molecule has 0 amide bonds. The Bertz CT molecular complexity index is 936. The van der Waals surface area contributed by atoms with Crippen LogP contribution in [0.5, 0.6) is 0 Å². The lowest BCUT2D eigenvalue weighted by Crippen LogP contribution is -2.30. The van der Waals surface area contributed by atoms with Gasteiger partial charge in [-0.1, -0.05) is 290 Å². The highest BCUT2D eigenvalue weighted by Gasteiger charge is 2.19. The molecule has 0 aliphatic heterocycles. The lowest BCUT2D eigenvalue weighted by Gasteiger charge is -2.18. The van der Waals surface area contributed by atoms with E-state index >= 15 is 0 Å². The van der Waals surface area contributed by atoms with Gasteiger partial charge in [0.1, 0.15) is 13.2 Å². The molecule has 0 saturated carbocycles. The molecule has 0 rings (SSSR count). The number of ether oxygens (including phenoxy) is 3. The highest BCUT2D eigenvalue weighted by Crippen LogP contribution is 2.18. The van der Waals surface area contributed by atoms with Crippen molar-refractivity contribution in [3.63, 3.8) is 0 Å². The number of rotatable bonds is 53. The second-order valence-corrected chi connectivity index (χ2v) is 19.6. The molecule has 6 heteroatoms. The number of hydrogen-bond donors (Lipinski definition) is 0. The van der Waals surface area contributed by atoms with Gasteiger partial charge in [0.25, 0.3) is 0 Å². The molecule has 1 unspecified atom stereocenters. The lowest BCUT2D eigenvalue weighted by molar-refractivity contribution is -0.167. The molecule has 0 aliphatic carbocycles. The second-order valence-electron chi connectivity index (χ2n) is 19.6. The van der Waals surface area contributed by atoms with Crippen LogP contribution >= 0.6 is 0 Å². The second kappa shape index (κ2) is 53.0. The van der Waals surface area contributed by atoms with Crippen LogP contribution in [0.3, 0.4) is 0 Å². The van der Waals surface area contributed by atoms with Gasteiger partial charge in [0.05, 0.1) is 0 Å². The molecular formula is C57H110O6. The summed E-state index contributed by atoms with van der Waals surface area (Å²) < 4.78 is 16.6. The van der Waals surface area contributed by atoms with E-state index in [1.54, 1.807) is 0 Å². The molecule has 0 aliphatic rings. The Balaban J connectivity index is 3.78. The van der Waals surface area contributed by atoms with Crippen molar-refractivity contribution >= 4 is 17.9 Å². The average Bonchev–Trinajstić information content (AvgIpc) is 3.28. The number of carbonyl (C=O) groups is 3. The van der Waals surface area contributed by atoms with Gasteiger partial charge in [-0.25, -0.2) is 0 Å². The van der Waals surface area contributed by atoms with Crippen LogP contribution in [0.25, 0.3) is 0 Å². The molecule has 6 nitrogen and oxygen atoms in total. The van der Waals surface area contributed by atoms with Crippen LogP contribution in [0.2, 0.25) is 0 Å². The zero-order valence-corrected chi connectivity index (χ0v) is 42.9. The van der Waals surface area contributed by atoms with Gasteiger partial charge in [0, 0.05) is 19.3 Å². The molecule has 0 aromatic rings. The maximum absolute atomic E-state index is 12.6. The van der Waals surface area contributed by atoms with Crippen LogP contribution in [0.1, 0.15) is 329 Å². The topological polar surface area (TPSA) is 78.9 Å². The first kappa shape index (κ1) is 61.4. The molecule has 0 aromatic heterocycles. The van der Waals surface area contributed by atoms with Gasteiger partial charge in [-0.15, -0.1) is 0 Å². The summed E-state index contributed by atoms with van der Waals surface area (Å²) in [6, 6.07) is 0. The van der Waals surface area contributed by atoms with Crippen molar-refractivity contribution in [3.05, 3.63) is 0 Å². The van der Waals surface area contributed by atoms with Crippen molar-refractivity contribution in [2.75, 3.05) is 13.2 Å². The number of hydrogen-bond acceptors (Lipinski definition) is 6. The van der Waals surface area contributed by atoms with Crippen molar-refractivity contribution < 1.29 is 28.6 Å². The predicted molar refractivity (Wildman–Crippen MR) is 270 cm³/mol. The van der Waals surface area contributed by atoms with E-state index < -0.39 is 6.10 Å². The molecular weight excluding hydrogens is 781 g/mol. The molecule has 0 radical (unpaired) electrons. The highest BCUT2D eigenvalue weighted by molar-refractivity contribution is 5.71. The number of carbonyl (C=O) groups excluding carboxylic acids is 3. The summed E-state index contributed by atoms with van der Waals surface area (Å²) in [5.41, 5.74) is 0. The fourth-order valence-electron chi connectivity index (χ4n) is 8.80. The van der Waals surface area contributed by atoms with E-state index in [0.717, 1.165) is 64.2 Å². The maximum Gasteiger partial charge on any atom is 0.306 e. The molecule has 0 bridgehead atoms. The summed E-state index contributed by atoms with van der Waals surface area (Å²) in [7, 11) is 0. The monoisotopic (exact) mass is 891 g/mol. The summed E-state index contributed by atoms with van der Waals surface area (Å²) in [5, 5.41) is 0. The Labute approximate surface area is 393 Å². The third-order valence-corrected chi connectivity index (χ3v) is 13.1. The third-order valence-electron chi connectivity index (χ3n) is 13.1. The summed E-state index contributed by atoms with van der Waals surface area (Å²) in [5.74, 6) is -0.863. The van der Waals surface area contributed by atoms with Crippen molar-refractivity contribution in [3.8, 4) is 0 Å². The van der Waals surface area contributed by atoms with Gasteiger partial charge < -0.3 is 14.2 Å². The zero-order chi connectivity index (χ0) is 45.8. The Morgan fingerprint density at radius 3 is 0.635 bits per heavy atom. The fraction of sp³-hybridized carbons (Fsp3) is 0.947. The van der Waals surface area contributed by atoms with Gasteiger partial charge in [-0.05, 0) is 19.3 Å². The molecule has 0 spiro atoms. The quantitative estimate of drug-likeness (QED) is 0.0344. The molecule has 0 heterocycles. The molecule has 63 heavy (non-hydrogen) atoms. The van der Waals surface area contributed by atoms with Crippen LogP contribution in [-0.2, 0) is 28.6 Å². The van der Waals surface area contributed by atoms with Crippen LogP contribution in [-0.4, -0.2) is 37.2 Å². The van der Waals surface area contributed by atoms with Gasteiger partial charge in [-0.3, -0.25) is 14.4 Å². The smallest absolute Gasteiger partial charge is 0.306 e. The normalized spacial score (nSPS) is 11.9. The number of unbranched alkanes of at least 4 members (excludes halogenated alkanes) is 42. The van der Waals surface area contributed by atoms with Crippen molar-refractivity contribution in [1.29, 1.82) is 0 Å². The summed E-state index contributed by atoms with van der Waals surface area (Å²) in [4.78, 5) is 37.5. The van der Waals surface area contributed by atoms with E-state index in [4.69, 9.17) is 14.2 Å². The number of esters is 3. The molecule has 0 saturated heterocycles. The molecule has 374 valence electrons. The Hall–Kier alpha value is -1.59. The SMILES string of the molecule is CCCCCCCCCCCCCCCCCCCCCCCCCCCCCCCCCC(=O)OCC(COC(=O)CCCCCCC)OC(=O)CCCCCCCCCCC. The minimum Gasteiger partial charge on any atom is -0.462 e. The van der Waals surface area contributed by atoms with E-state index in [2.05, 4.69) is 20.8 Å². The first-order chi connectivity index (χ1) is 31.0. The van der Waals surface area contributed by atoms with E-state index in [9.17, 15) is 14.4 Å². The molecule has 0 fully saturated rings. The lowest BCUT2D eigenvalue weighted by atomic mass is 10.0. The molecule has 0 N–H and O–H groups in total. The van der Waals surface area contributed by atoms with Crippen molar-refractivity contribution in [1.82, 2.24) is 0 Å². The van der Waals surface area contributed by atoms with E-state index in [1.165, 1.54) is 225 Å². The largest absolute Gasteiger partial charge is 0.462 e. The zero-order valence-electron chi connectivity index (χ0n) is 42.9. The predicted octanol–water partition coefficient (Wildman–Crippen LogP) is 18.8. The van der Waals surface area contributed by atoms with Crippen LogP contribution in [0.15, 0.2) is 0 Å². The maximum atomic E-state index is 12.6. The van der Waals surface area contributed by atoms with Gasteiger partial charge >= 0.3 is 17.9 Å². The minimum absolute atomic E-state index is 0.0638. The third kappa shape index (κ3) is 51.3. The Morgan fingerprint density at radius 1 is 0.254 bits per heavy atom. The van der Waals surface area contributed by atoms with Gasteiger partial charge in [0.2, 0.25) is 0 Å². The summed E-state index contributed by atoms with van der Waals surface area (Å²) in [6.45, 7) is 6.58. The van der Waals surface area contributed by atoms with E-state index in [-0.39, 0.29) is 31.1 Å². The Kier molecular flexibility index (Phi) is 51.7. The highest BCUT2D eigenvalue weighted by atomic mass is 16.6. The van der Waals surface area contributed by atoms with Gasteiger partial charge in [-0.2, -0.15) is 0 Å². The van der Waals surface area contributed by atoms with E-state index in [0.29, 0.717) is 19.3 Å². The van der Waals surface area contributed by atoms with Crippen LogP contribution < -0.4 is 0 Å². The van der Waals surface area contributed by atoms with Crippen molar-refractivity contribution in [2.45, 2.75) is 335 Å². The average molecular weight is 892 g/mol. The fourth-order valence-corrected chi connectivity index (χ4v) is 8.80. The Morgan fingerprint density at radius 2 is 0.429 bits per heavy atom. The van der Waals surface area contributed by atoms with Crippen LogP contribution in [0.4, 0.5) is 0 Å².